The van der Waals surface area contributed by atoms with Crippen LogP contribution in [0.25, 0.3) is 0 Å². The molecular weight excluding hydrogens is 330 g/mol. The van der Waals surface area contributed by atoms with Gasteiger partial charge in [-0.2, -0.15) is 0 Å². The third-order valence-electron chi connectivity index (χ3n) is 4.57. The van der Waals surface area contributed by atoms with Crippen molar-refractivity contribution in [2.45, 2.75) is 63.0 Å². The van der Waals surface area contributed by atoms with Crippen LogP contribution in [-0.4, -0.2) is 36.8 Å². The summed E-state index contributed by atoms with van der Waals surface area (Å²) in [5.41, 5.74) is 0. The number of hydrogen-bond acceptors (Lipinski definition) is 4. The Bertz CT molecular complexity index is 602. The molecule has 0 aliphatic heterocycles. The lowest BCUT2D eigenvalue weighted by atomic mass is 10.0. The van der Waals surface area contributed by atoms with E-state index in [-0.39, 0.29) is 17.1 Å². The summed E-state index contributed by atoms with van der Waals surface area (Å²) < 4.78 is 26.1. The predicted molar refractivity (Wildman–Crippen MR) is 95.2 cm³/mol. The van der Waals surface area contributed by atoms with Crippen LogP contribution in [0.1, 0.15) is 50.8 Å². The van der Waals surface area contributed by atoms with Gasteiger partial charge in [0.2, 0.25) is 5.91 Å². The van der Waals surface area contributed by atoms with Crippen LogP contribution in [0.4, 0.5) is 0 Å². The van der Waals surface area contributed by atoms with E-state index in [1.165, 1.54) is 0 Å². The first-order valence-electron chi connectivity index (χ1n) is 8.34. The number of amides is 1. The van der Waals surface area contributed by atoms with Crippen molar-refractivity contribution in [3.63, 3.8) is 0 Å². The zero-order valence-corrected chi connectivity index (χ0v) is 15.8. The Morgan fingerprint density at radius 3 is 2.48 bits per heavy atom. The van der Waals surface area contributed by atoms with Crippen molar-refractivity contribution in [1.82, 2.24) is 4.90 Å². The SMILES string of the molecule is CC(C)[C@@H](C(=O)N(C)Cc1cccs1)S(=O)(=O)C1CCCCC1. The predicted octanol–water partition coefficient (Wildman–Crippen LogP) is 3.48. The normalized spacial score (nSPS) is 18.1. The average Bonchev–Trinajstić information content (AvgIpc) is 3.00. The monoisotopic (exact) mass is 357 g/mol. The van der Waals surface area contributed by atoms with Crippen LogP contribution in [0.15, 0.2) is 17.5 Å². The first kappa shape index (κ1) is 18.5. The summed E-state index contributed by atoms with van der Waals surface area (Å²) in [6.45, 7) is 4.14. The fourth-order valence-electron chi connectivity index (χ4n) is 3.34. The zero-order valence-electron chi connectivity index (χ0n) is 14.2. The topological polar surface area (TPSA) is 54.5 Å². The molecule has 1 saturated carbocycles. The smallest absolute Gasteiger partial charge is 0.241 e. The molecule has 4 nitrogen and oxygen atoms in total. The maximum Gasteiger partial charge on any atom is 0.241 e. The Hall–Kier alpha value is -0.880. The van der Waals surface area contributed by atoms with Gasteiger partial charge in [-0.3, -0.25) is 4.79 Å². The number of thiophene rings is 1. The first-order valence-corrected chi connectivity index (χ1v) is 10.8. The maximum absolute atomic E-state index is 13.0. The van der Waals surface area contributed by atoms with Crippen molar-refractivity contribution in [3.8, 4) is 0 Å². The molecule has 1 fully saturated rings. The van der Waals surface area contributed by atoms with Crippen LogP contribution in [-0.2, 0) is 21.2 Å². The van der Waals surface area contributed by atoms with E-state index >= 15 is 0 Å². The van der Waals surface area contributed by atoms with Crippen molar-refractivity contribution < 1.29 is 13.2 Å². The van der Waals surface area contributed by atoms with Gasteiger partial charge < -0.3 is 4.90 Å². The number of sulfone groups is 1. The highest BCUT2D eigenvalue weighted by Crippen LogP contribution is 2.30. The van der Waals surface area contributed by atoms with Crippen molar-refractivity contribution in [2.75, 3.05) is 7.05 Å². The van der Waals surface area contributed by atoms with E-state index < -0.39 is 15.1 Å². The third kappa shape index (κ3) is 4.35. The number of hydrogen-bond donors (Lipinski definition) is 0. The molecule has 0 unspecified atom stereocenters. The molecule has 1 aliphatic carbocycles. The second-order valence-electron chi connectivity index (χ2n) is 6.79. The van der Waals surface area contributed by atoms with Gasteiger partial charge in [-0.05, 0) is 30.2 Å². The third-order valence-corrected chi connectivity index (χ3v) is 8.28. The van der Waals surface area contributed by atoms with Crippen molar-refractivity contribution in [3.05, 3.63) is 22.4 Å². The van der Waals surface area contributed by atoms with E-state index in [0.29, 0.717) is 19.4 Å². The lowest BCUT2D eigenvalue weighted by molar-refractivity contribution is -0.130. The molecule has 1 aromatic heterocycles. The number of carbonyl (C=O) groups is 1. The Labute approximate surface area is 143 Å². The van der Waals surface area contributed by atoms with E-state index in [4.69, 9.17) is 0 Å². The highest BCUT2D eigenvalue weighted by atomic mass is 32.2. The van der Waals surface area contributed by atoms with Crippen LogP contribution in [0.5, 0.6) is 0 Å². The van der Waals surface area contributed by atoms with Crippen molar-refractivity contribution in [1.29, 1.82) is 0 Å². The zero-order chi connectivity index (χ0) is 17.0. The van der Waals surface area contributed by atoms with Crippen LogP contribution < -0.4 is 0 Å². The van der Waals surface area contributed by atoms with Crippen molar-refractivity contribution >= 4 is 27.1 Å². The number of nitrogens with zero attached hydrogens (tertiary/aromatic N) is 1. The van der Waals surface area contributed by atoms with E-state index in [1.807, 2.05) is 31.4 Å². The van der Waals surface area contributed by atoms with Crippen LogP contribution in [0.3, 0.4) is 0 Å². The van der Waals surface area contributed by atoms with Gasteiger partial charge >= 0.3 is 0 Å². The van der Waals surface area contributed by atoms with Gasteiger partial charge in [0.1, 0.15) is 5.25 Å². The van der Waals surface area contributed by atoms with Gasteiger partial charge in [0.15, 0.2) is 9.84 Å². The highest BCUT2D eigenvalue weighted by molar-refractivity contribution is 7.93. The summed E-state index contributed by atoms with van der Waals surface area (Å²) in [6.07, 6.45) is 4.41. The molecule has 1 aliphatic rings. The Kier molecular flexibility index (Phi) is 6.26. The summed E-state index contributed by atoms with van der Waals surface area (Å²) in [5, 5.41) is 0.699. The van der Waals surface area contributed by atoms with E-state index in [2.05, 4.69) is 0 Å². The first-order chi connectivity index (χ1) is 10.8. The summed E-state index contributed by atoms with van der Waals surface area (Å²) >= 11 is 1.58. The number of carbonyl (C=O) groups excluding carboxylic acids is 1. The summed E-state index contributed by atoms with van der Waals surface area (Å²) in [7, 11) is -1.73. The van der Waals surface area contributed by atoms with Crippen LogP contribution >= 0.6 is 11.3 Å². The van der Waals surface area contributed by atoms with E-state index in [9.17, 15) is 13.2 Å². The Balaban J connectivity index is 2.17. The minimum absolute atomic E-state index is 0.208. The molecule has 1 heterocycles. The molecule has 0 N–H and O–H groups in total. The lowest BCUT2D eigenvalue weighted by Crippen LogP contribution is -2.47. The largest absolute Gasteiger partial charge is 0.339 e. The van der Waals surface area contributed by atoms with Crippen LogP contribution in [0, 0.1) is 5.92 Å². The van der Waals surface area contributed by atoms with Crippen LogP contribution in [0.2, 0.25) is 0 Å². The molecule has 0 radical (unpaired) electrons. The van der Waals surface area contributed by atoms with E-state index in [1.54, 1.807) is 23.3 Å². The standard InChI is InChI=1S/C17H27NO3S2/c1-13(2)16(23(20,21)15-9-5-4-6-10-15)17(19)18(3)12-14-8-7-11-22-14/h7-8,11,13,15-16H,4-6,9-10,12H2,1-3H3/t16-/m0/s1. The summed E-state index contributed by atoms with van der Waals surface area (Å²) in [4.78, 5) is 15.5. The van der Waals surface area contributed by atoms with Gasteiger partial charge in [0, 0.05) is 11.9 Å². The van der Waals surface area contributed by atoms with Gasteiger partial charge in [-0.25, -0.2) is 8.42 Å². The molecule has 23 heavy (non-hydrogen) atoms. The highest BCUT2D eigenvalue weighted by Gasteiger charge is 2.42. The molecule has 0 aromatic carbocycles. The fraction of sp³-hybridized carbons (Fsp3) is 0.706. The summed E-state index contributed by atoms with van der Waals surface area (Å²) in [6, 6.07) is 3.91. The molecule has 1 atom stereocenters. The second kappa shape index (κ2) is 7.79. The van der Waals surface area contributed by atoms with Gasteiger partial charge in [0.25, 0.3) is 0 Å². The molecule has 1 aromatic rings. The van der Waals surface area contributed by atoms with Gasteiger partial charge in [0.05, 0.1) is 11.8 Å². The van der Waals surface area contributed by atoms with Crippen molar-refractivity contribution in [2.24, 2.45) is 5.92 Å². The maximum atomic E-state index is 13.0. The minimum Gasteiger partial charge on any atom is -0.339 e. The summed E-state index contributed by atoms with van der Waals surface area (Å²) in [5.74, 6) is -0.473. The lowest BCUT2D eigenvalue weighted by Gasteiger charge is -2.31. The Morgan fingerprint density at radius 2 is 1.96 bits per heavy atom. The molecule has 130 valence electrons. The Morgan fingerprint density at radius 1 is 1.30 bits per heavy atom. The average molecular weight is 358 g/mol. The van der Waals surface area contributed by atoms with Gasteiger partial charge in [-0.1, -0.05) is 39.2 Å². The molecule has 2 rings (SSSR count). The molecule has 0 spiro atoms. The minimum atomic E-state index is -3.43. The van der Waals surface area contributed by atoms with E-state index in [0.717, 1.165) is 24.1 Å². The quantitative estimate of drug-likeness (QED) is 0.783. The molecule has 0 saturated heterocycles. The second-order valence-corrected chi connectivity index (χ2v) is 10.2. The molecule has 0 bridgehead atoms. The molecular formula is C17H27NO3S2. The van der Waals surface area contributed by atoms with Gasteiger partial charge in [-0.15, -0.1) is 11.3 Å². The molecule has 6 heteroatoms. The molecule has 1 amide bonds. The fourth-order valence-corrected chi connectivity index (χ4v) is 6.72. The number of rotatable bonds is 6.